The van der Waals surface area contributed by atoms with Gasteiger partial charge in [-0.15, -0.1) is 11.3 Å². The summed E-state index contributed by atoms with van der Waals surface area (Å²) >= 11 is 1.93. The molecule has 0 spiro atoms. The molecule has 0 bridgehead atoms. The highest BCUT2D eigenvalue weighted by atomic mass is 32.1. The molecule has 1 N–H and O–H groups in total. The molecule has 0 amide bonds. The summed E-state index contributed by atoms with van der Waals surface area (Å²) in [7, 11) is 4.13. The summed E-state index contributed by atoms with van der Waals surface area (Å²) in [6, 6.07) is 5.04. The van der Waals surface area contributed by atoms with Gasteiger partial charge in [0.05, 0.1) is 0 Å². The molecule has 2 aromatic heterocycles. The lowest BCUT2D eigenvalue weighted by Gasteiger charge is -2.30. The SMILES string of the molecule is CNC(CCc1ccnn1C)C1CCCc2sccc21. The minimum atomic E-state index is 0.568. The molecule has 0 saturated heterocycles. The fraction of sp³-hybridized carbons (Fsp3) is 0.562. The summed E-state index contributed by atoms with van der Waals surface area (Å²) in [5.41, 5.74) is 2.93. The first-order valence-electron chi connectivity index (χ1n) is 7.50. The lowest BCUT2D eigenvalue weighted by molar-refractivity contribution is 0.393. The van der Waals surface area contributed by atoms with Gasteiger partial charge in [0.2, 0.25) is 0 Å². The van der Waals surface area contributed by atoms with E-state index < -0.39 is 0 Å². The van der Waals surface area contributed by atoms with Crippen LogP contribution < -0.4 is 5.32 Å². The number of aryl methyl sites for hydroxylation is 3. The predicted octanol–water partition coefficient (Wildman–Crippen LogP) is 3.12. The first-order valence-corrected chi connectivity index (χ1v) is 8.38. The van der Waals surface area contributed by atoms with E-state index in [1.165, 1.54) is 31.4 Å². The zero-order valence-corrected chi connectivity index (χ0v) is 13.1. The van der Waals surface area contributed by atoms with Gasteiger partial charge >= 0.3 is 0 Å². The third-order valence-electron chi connectivity index (χ3n) is 4.59. The molecule has 0 fully saturated rings. The average molecular weight is 289 g/mol. The van der Waals surface area contributed by atoms with E-state index >= 15 is 0 Å². The quantitative estimate of drug-likeness (QED) is 0.916. The van der Waals surface area contributed by atoms with Crippen LogP contribution in [0.25, 0.3) is 0 Å². The highest BCUT2D eigenvalue weighted by molar-refractivity contribution is 7.10. The molecule has 0 aromatic carbocycles. The van der Waals surface area contributed by atoms with Crippen molar-refractivity contribution in [3.8, 4) is 0 Å². The Labute approximate surface area is 125 Å². The molecular formula is C16H23N3S. The van der Waals surface area contributed by atoms with Crippen LogP contribution >= 0.6 is 11.3 Å². The van der Waals surface area contributed by atoms with E-state index in [1.807, 2.05) is 29.3 Å². The normalized spacial score (nSPS) is 19.8. The Bertz CT molecular complexity index is 558. The number of fused-ring (bicyclic) bond motifs is 1. The predicted molar refractivity (Wildman–Crippen MR) is 84.4 cm³/mol. The largest absolute Gasteiger partial charge is 0.316 e. The number of thiophene rings is 1. The van der Waals surface area contributed by atoms with Crippen LogP contribution in [0.15, 0.2) is 23.7 Å². The van der Waals surface area contributed by atoms with Gasteiger partial charge in [0.25, 0.3) is 0 Å². The summed E-state index contributed by atoms with van der Waals surface area (Å²) in [5, 5.41) is 10.1. The third-order valence-corrected chi connectivity index (χ3v) is 5.59. The van der Waals surface area contributed by atoms with Crippen LogP contribution in [0.2, 0.25) is 0 Å². The van der Waals surface area contributed by atoms with Crippen molar-refractivity contribution in [3.63, 3.8) is 0 Å². The minimum absolute atomic E-state index is 0.568. The lowest BCUT2D eigenvalue weighted by atomic mass is 9.81. The van der Waals surface area contributed by atoms with Crippen LogP contribution in [-0.4, -0.2) is 22.9 Å². The number of nitrogens with zero attached hydrogens (tertiary/aromatic N) is 2. The molecule has 2 heterocycles. The summed E-state index contributed by atoms with van der Waals surface area (Å²) < 4.78 is 1.99. The van der Waals surface area contributed by atoms with E-state index in [2.05, 4.69) is 35.0 Å². The molecule has 1 aliphatic rings. The zero-order valence-electron chi connectivity index (χ0n) is 12.3. The maximum Gasteiger partial charge on any atom is 0.0492 e. The minimum Gasteiger partial charge on any atom is -0.316 e. The van der Waals surface area contributed by atoms with Crippen LogP contribution in [0.5, 0.6) is 0 Å². The number of rotatable bonds is 5. The molecule has 3 nitrogen and oxygen atoms in total. The Morgan fingerprint density at radius 3 is 3.15 bits per heavy atom. The molecule has 2 unspecified atom stereocenters. The molecule has 2 atom stereocenters. The van der Waals surface area contributed by atoms with E-state index in [9.17, 15) is 0 Å². The van der Waals surface area contributed by atoms with Crippen molar-refractivity contribution in [1.29, 1.82) is 0 Å². The molecule has 0 saturated carbocycles. The van der Waals surface area contributed by atoms with Crippen LogP contribution in [0.4, 0.5) is 0 Å². The number of hydrogen-bond donors (Lipinski definition) is 1. The molecule has 0 radical (unpaired) electrons. The van der Waals surface area contributed by atoms with Crippen molar-refractivity contribution in [2.45, 2.75) is 44.1 Å². The molecule has 20 heavy (non-hydrogen) atoms. The highest BCUT2D eigenvalue weighted by Crippen LogP contribution is 2.37. The molecule has 108 valence electrons. The zero-order chi connectivity index (χ0) is 13.9. The number of aromatic nitrogens is 2. The molecule has 3 rings (SSSR count). The second-order valence-corrected chi connectivity index (χ2v) is 6.68. The maximum atomic E-state index is 4.26. The Balaban J connectivity index is 1.70. The summed E-state index contributed by atoms with van der Waals surface area (Å²) in [6.07, 6.45) is 8.10. The highest BCUT2D eigenvalue weighted by Gasteiger charge is 2.27. The Morgan fingerprint density at radius 2 is 2.40 bits per heavy atom. The Hall–Kier alpha value is -1.13. The van der Waals surface area contributed by atoms with Gasteiger partial charge in [-0.3, -0.25) is 4.68 Å². The monoisotopic (exact) mass is 289 g/mol. The van der Waals surface area contributed by atoms with Crippen LogP contribution in [0.1, 0.15) is 41.3 Å². The average Bonchev–Trinajstić information content (AvgIpc) is 3.09. The topological polar surface area (TPSA) is 29.9 Å². The number of nitrogens with one attached hydrogen (secondary N) is 1. The van der Waals surface area contributed by atoms with Crippen molar-refractivity contribution >= 4 is 11.3 Å². The smallest absolute Gasteiger partial charge is 0.0492 e. The molecule has 1 aliphatic carbocycles. The second kappa shape index (κ2) is 6.10. The van der Waals surface area contributed by atoms with Gasteiger partial charge < -0.3 is 5.32 Å². The third kappa shape index (κ3) is 2.67. The molecule has 0 aliphatic heterocycles. The van der Waals surface area contributed by atoms with E-state index in [0.717, 1.165) is 6.42 Å². The second-order valence-electron chi connectivity index (χ2n) is 5.68. The van der Waals surface area contributed by atoms with Crippen LogP contribution in [0, 0.1) is 0 Å². The Kier molecular flexibility index (Phi) is 4.22. The van der Waals surface area contributed by atoms with Crippen molar-refractivity contribution in [3.05, 3.63) is 39.8 Å². The lowest BCUT2D eigenvalue weighted by Crippen LogP contribution is -2.34. The first-order chi connectivity index (χ1) is 9.79. The van der Waals surface area contributed by atoms with Gasteiger partial charge in [0, 0.05) is 35.8 Å². The van der Waals surface area contributed by atoms with Gasteiger partial charge in [-0.05, 0) is 62.2 Å². The molecule has 2 aromatic rings. The fourth-order valence-corrected chi connectivity index (χ4v) is 4.43. The van der Waals surface area contributed by atoms with Gasteiger partial charge in [-0.1, -0.05) is 0 Å². The van der Waals surface area contributed by atoms with Crippen molar-refractivity contribution in [2.75, 3.05) is 7.05 Å². The summed E-state index contributed by atoms with van der Waals surface area (Å²) in [6.45, 7) is 0. The van der Waals surface area contributed by atoms with Gasteiger partial charge in [-0.25, -0.2) is 0 Å². The van der Waals surface area contributed by atoms with E-state index in [-0.39, 0.29) is 0 Å². The number of hydrogen-bond acceptors (Lipinski definition) is 3. The van der Waals surface area contributed by atoms with Gasteiger partial charge in [0.1, 0.15) is 0 Å². The van der Waals surface area contributed by atoms with Gasteiger partial charge in [-0.2, -0.15) is 5.10 Å². The van der Waals surface area contributed by atoms with E-state index in [0.29, 0.717) is 12.0 Å². The fourth-order valence-electron chi connectivity index (χ4n) is 3.44. The van der Waals surface area contributed by atoms with E-state index in [4.69, 9.17) is 0 Å². The summed E-state index contributed by atoms with van der Waals surface area (Å²) in [4.78, 5) is 1.61. The number of likely N-dealkylation sites (N-methyl/N-ethyl adjacent to an activating group) is 1. The summed E-state index contributed by atoms with van der Waals surface area (Å²) in [5.74, 6) is 0.684. The Morgan fingerprint density at radius 1 is 1.50 bits per heavy atom. The van der Waals surface area contributed by atoms with Crippen LogP contribution in [0.3, 0.4) is 0 Å². The molecular weight excluding hydrogens is 266 g/mol. The van der Waals surface area contributed by atoms with E-state index in [1.54, 1.807) is 10.4 Å². The van der Waals surface area contributed by atoms with Crippen molar-refractivity contribution in [2.24, 2.45) is 7.05 Å². The van der Waals surface area contributed by atoms with Crippen LogP contribution in [-0.2, 0) is 19.9 Å². The first kappa shape index (κ1) is 13.8. The van der Waals surface area contributed by atoms with Gasteiger partial charge in [0.15, 0.2) is 0 Å². The molecule has 4 heteroatoms. The van der Waals surface area contributed by atoms with Crippen molar-refractivity contribution < 1.29 is 0 Å². The standard InChI is InChI=1S/C16H23N3S/c1-17-15(7-6-12-8-10-18-19(12)2)13-4-3-5-16-14(13)9-11-20-16/h8-11,13,15,17H,3-7H2,1-2H3. The van der Waals surface area contributed by atoms with Crippen molar-refractivity contribution in [1.82, 2.24) is 15.1 Å². The maximum absolute atomic E-state index is 4.26.